The zero-order valence-corrected chi connectivity index (χ0v) is 14.4. The van der Waals surface area contributed by atoms with Crippen molar-refractivity contribution in [3.8, 4) is 11.6 Å². The van der Waals surface area contributed by atoms with Crippen molar-refractivity contribution in [1.82, 2.24) is 9.97 Å². The van der Waals surface area contributed by atoms with Crippen LogP contribution in [-0.4, -0.2) is 16.5 Å². The molecule has 1 N–H and O–H groups in total. The van der Waals surface area contributed by atoms with Crippen molar-refractivity contribution in [2.75, 3.05) is 11.9 Å². The van der Waals surface area contributed by atoms with Crippen molar-refractivity contribution in [2.45, 2.75) is 33.6 Å². The molecule has 21 heavy (non-hydrogen) atoms. The minimum Gasteiger partial charge on any atom is -0.437 e. The predicted molar refractivity (Wildman–Crippen MR) is 89.2 cm³/mol. The van der Waals surface area contributed by atoms with Gasteiger partial charge in [0.05, 0.1) is 10.7 Å². The van der Waals surface area contributed by atoms with Gasteiger partial charge >= 0.3 is 0 Å². The molecule has 0 bridgehead atoms. The summed E-state index contributed by atoms with van der Waals surface area (Å²) in [6, 6.07) is 6.28. The molecular formula is C16H20BrN3O. The second kappa shape index (κ2) is 6.89. The van der Waals surface area contributed by atoms with E-state index in [0.717, 1.165) is 22.3 Å². The van der Waals surface area contributed by atoms with Crippen LogP contribution in [-0.2, 0) is 0 Å². The minimum absolute atomic E-state index is 0.458. The van der Waals surface area contributed by atoms with Crippen LogP contribution in [0.1, 0.15) is 37.8 Å². The van der Waals surface area contributed by atoms with E-state index >= 15 is 0 Å². The number of rotatable bonds is 5. The van der Waals surface area contributed by atoms with E-state index < -0.39 is 0 Å². The van der Waals surface area contributed by atoms with Gasteiger partial charge in [-0.2, -0.15) is 4.98 Å². The van der Waals surface area contributed by atoms with Crippen LogP contribution < -0.4 is 10.1 Å². The van der Waals surface area contributed by atoms with Crippen LogP contribution in [0.2, 0.25) is 0 Å². The summed E-state index contributed by atoms with van der Waals surface area (Å²) in [5.74, 6) is 2.36. The van der Waals surface area contributed by atoms with Crippen molar-refractivity contribution in [2.24, 2.45) is 0 Å². The zero-order valence-electron chi connectivity index (χ0n) is 12.8. The summed E-state index contributed by atoms with van der Waals surface area (Å²) in [4.78, 5) is 8.57. The van der Waals surface area contributed by atoms with Crippen LogP contribution in [0.15, 0.2) is 28.9 Å². The van der Waals surface area contributed by atoms with Crippen LogP contribution in [0.5, 0.6) is 11.6 Å². The molecule has 2 aromatic rings. The van der Waals surface area contributed by atoms with Crippen LogP contribution in [0.3, 0.4) is 0 Å². The van der Waals surface area contributed by atoms with Crippen molar-refractivity contribution in [1.29, 1.82) is 0 Å². The van der Waals surface area contributed by atoms with Gasteiger partial charge in [0, 0.05) is 6.54 Å². The number of aryl methyl sites for hydroxylation is 1. The Morgan fingerprint density at radius 1 is 1.33 bits per heavy atom. The number of anilines is 1. The Morgan fingerprint density at radius 3 is 2.76 bits per heavy atom. The molecule has 0 fully saturated rings. The molecule has 0 unspecified atom stereocenters. The van der Waals surface area contributed by atoms with E-state index in [0.29, 0.717) is 17.7 Å². The van der Waals surface area contributed by atoms with Crippen molar-refractivity contribution < 1.29 is 4.74 Å². The second-order valence-electron chi connectivity index (χ2n) is 5.16. The molecule has 0 saturated carbocycles. The lowest BCUT2D eigenvalue weighted by Gasteiger charge is -2.13. The number of hydrogen-bond donors (Lipinski definition) is 1. The summed E-state index contributed by atoms with van der Waals surface area (Å²) in [7, 11) is 0. The summed E-state index contributed by atoms with van der Waals surface area (Å²) in [6.45, 7) is 9.13. The van der Waals surface area contributed by atoms with Crippen LogP contribution in [0.4, 0.5) is 5.95 Å². The highest BCUT2D eigenvalue weighted by atomic mass is 79.9. The van der Waals surface area contributed by atoms with Crippen LogP contribution in [0, 0.1) is 6.92 Å². The third kappa shape index (κ3) is 3.94. The van der Waals surface area contributed by atoms with Gasteiger partial charge in [0.1, 0.15) is 5.75 Å². The average molecular weight is 350 g/mol. The number of nitrogens with zero attached hydrogens (tertiary/aromatic N) is 2. The Hall–Kier alpha value is -1.62. The van der Waals surface area contributed by atoms with E-state index in [-0.39, 0.29) is 0 Å². The molecule has 5 heteroatoms. The first kappa shape index (κ1) is 15.8. The van der Waals surface area contributed by atoms with Gasteiger partial charge in [-0.15, -0.1) is 0 Å². The smallest absolute Gasteiger partial charge is 0.238 e. The largest absolute Gasteiger partial charge is 0.437 e. The van der Waals surface area contributed by atoms with Gasteiger partial charge in [0.2, 0.25) is 11.8 Å². The number of nitrogens with one attached hydrogen (secondary N) is 1. The van der Waals surface area contributed by atoms with E-state index in [2.05, 4.69) is 63.3 Å². The molecule has 0 spiro atoms. The molecule has 1 heterocycles. The zero-order chi connectivity index (χ0) is 15.4. The first-order chi connectivity index (χ1) is 10.0. The molecule has 0 aliphatic heterocycles. The minimum atomic E-state index is 0.458. The topological polar surface area (TPSA) is 47.0 Å². The normalized spacial score (nSPS) is 10.8. The van der Waals surface area contributed by atoms with Gasteiger partial charge in [-0.25, -0.2) is 4.98 Å². The summed E-state index contributed by atoms with van der Waals surface area (Å²) >= 11 is 3.43. The van der Waals surface area contributed by atoms with E-state index in [1.54, 1.807) is 6.20 Å². The Balaban J connectivity index is 2.33. The maximum absolute atomic E-state index is 5.98. The summed E-state index contributed by atoms with van der Waals surface area (Å²) in [5, 5.41) is 3.08. The summed E-state index contributed by atoms with van der Waals surface area (Å²) in [6.07, 6.45) is 1.70. The van der Waals surface area contributed by atoms with Gasteiger partial charge in [0.25, 0.3) is 0 Å². The molecular weight excluding hydrogens is 330 g/mol. The Bertz CT molecular complexity index is 629. The fourth-order valence-corrected chi connectivity index (χ4v) is 2.13. The van der Waals surface area contributed by atoms with Gasteiger partial charge in [0.15, 0.2) is 0 Å². The van der Waals surface area contributed by atoms with E-state index in [1.807, 2.05) is 13.8 Å². The first-order valence-corrected chi connectivity index (χ1v) is 7.85. The van der Waals surface area contributed by atoms with E-state index in [4.69, 9.17) is 4.74 Å². The highest BCUT2D eigenvalue weighted by Crippen LogP contribution is 2.31. The molecule has 1 aromatic heterocycles. The Morgan fingerprint density at radius 2 is 2.10 bits per heavy atom. The molecule has 1 aromatic carbocycles. The number of benzene rings is 1. The van der Waals surface area contributed by atoms with E-state index in [1.165, 1.54) is 5.56 Å². The average Bonchev–Trinajstić information content (AvgIpc) is 2.45. The van der Waals surface area contributed by atoms with Crippen molar-refractivity contribution >= 4 is 21.9 Å². The van der Waals surface area contributed by atoms with Gasteiger partial charge in [-0.05, 0) is 52.9 Å². The van der Waals surface area contributed by atoms with Crippen molar-refractivity contribution in [3.05, 3.63) is 40.0 Å². The molecule has 0 amide bonds. The van der Waals surface area contributed by atoms with Gasteiger partial charge < -0.3 is 10.1 Å². The predicted octanol–water partition coefficient (Wildman–Crippen LogP) is 4.90. The first-order valence-electron chi connectivity index (χ1n) is 7.06. The third-order valence-electron chi connectivity index (χ3n) is 3.13. The lowest BCUT2D eigenvalue weighted by molar-refractivity contribution is 0.454. The Kier molecular flexibility index (Phi) is 5.17. The van der Waals surface area contributed by atoms with E-state index in [9.17, 15) is 0 Å². The fraction of sp³-hybridized carbons (Fsp3) is 0.375. The molecule has 2 rings (SSSR count). The summed E-state index contributed by atoms with van der Waals surface area (Å²) in [5.41, 5.74) is 2.32. The van der Waals surface area contributed by atoms with Gasteiger partial charge in [-0.3, -0.25) is 0 Å². The van der Waals surface area contributed by atoms with Crippen LogP contribution >= 0.6 is 15.9 Å². The highest BCUT2D eigenvalue weighted by Gasteiger charge is 2.10. The van der Waals surface area contributed by atoms with Crippen LogP contribution in [0.25, 0.3) is 0 Å². The third-order valence-corrected chi connectivity index (χ3v) is 3.68. The maximum atomic E-state index is 5.98. The molecule has 0 radical (unpaired) electrons. The number of halogens is 1. The second-order valence-corrected chi connectivity index (χ2v) is 6.01. The molecule has 4 nitrogen and oxygen atoms in total. The number of hydrogen-bond acceptors (Lipinski definition) is 4. The monoisotopic (exact) mass is 349 g/mol. The SMILES string of the molecule is CCNc1ncc(Br)c(Oc2cc(C(C)C)ccc2C)n1. The molecule has 0 atom stereocenters. The molecule has 0 aliphatic carbocycles. The summed E-state index contributed by atoms with van der Waals surface area (Å²) < 4.78 is 6.71. The Labute approximate surface area is 134 Å². The quantitative estimate of drug-likeness (QED) is 0.834. The number of aromatic nitrogens is 2. The number of ether oxygens (including phenoxy) is 1. The lowest BCUT2D eigenvalue weighted by Crippen LogP contribution is -2.03. The molecule has 112 valence electrons. The fourth-order valence-electron chi connectivity index (χ4n) is 1.86. The molecule has 0 saturated heterocycles. The van der Waals surface area contributed by atoms with Crippen molar-refractivity contribution in [3.63, 3.8) is 0 Å². The lowest BCUT2D eigenvalue weighted by atomic mass is 10.0. The molecule has 0 aliphatic rings. The standard InChI is InChI=1S/C16H20BrN3O/c1-5-18-16-19-9-13(17)15(20-16)21-14-8-12(10(2)3)7-6-11(14)4/h6-10H,5H2,1-4H3,(H,18,19,20). The maximum Gasteiger partial charge on any atom is 0.238 e. The highest BCUT2D eigenvalue weighted by molar-refractivity contribution is 9.10. The van der Waals surface area contributed by atoms with Gasteiger partial charge in [-0.1, -0.05) is 26.0 Å².